The number of aliphatic hydroxyl groups is 1. The van der Waals surface area contributed by atoms with E-state index < -0.39 is 6.10 Å². The molecule has 0 radical (unpaired) electrons. The van der Waals surface area contributed by atoms with Crippen molar-refractivity contribution in [1.82, 2.24) is 5.32 Å². The number of ether oxygens (including phenoxy) is 1. The lowest BCUT2D eigenvalue weighted by Gasteiger charge is -2.26. The Hall–Kier alpha value is -1.26. The van der Waals surface area contributed by atoms with E-state index in [-0.39, 0.29) is 12.0 Å². The van der Waals surface area contributed by atoms with E-state index >= 15 is 0 Å². The van der Waals surface area contributed by atoms with Gasteiger partial charge in [-0.3, -0.25) is 4.79 Å². The number of rotatable bonds is 5. The minimum Gasteiger partial charge on any atom is -0.479 e. The summed E-state index contributed by atoms with van der Waals surface area (Å²) in [6, 6.07) is 5.48. The lowest BCUT2D eigenvalue weighted by atomic mass is 9.87. The molecule has 22 heavy (non-hydrogen) atoms. The molecule has 1 aliphatic carbocycles. The molecule has 1 aromatic rings. The van der Waals surface area contributed by atoms with E-state index in [9.17, 15) is 9.90 Å². The predicted molar refractivity (Wildman–Crippen MR) is 87.3 cm³/mol. The van der Waals surface area contributed by atoms with Crippen LogP contribution < -0.4 is 10.1 Å². The van der Waals surface area contributed by atoms with Crippen molar-refractivity contribution in [3.63, 3.8) is 0 Å². The van der Waals surface area contributed by atoms with E-state index in [1.165, 1.54) is 0 Å². The van der Waals surface area contributed by atoms with Gasteiger partial charge in [0.15, 0.2) is 6.10 Å². The largest absolute Gasteiger partial charge is 0.479 e. The lowest BCUT2D eigenvalue weighted by molar-refractivity contribution is -0.127. The van der Waals surface area contributed by atoms with Gasteiger partial charge in [0, 0.05) is 6.54 Å². The molecular weight excluding hydrogens is 302 g/mol. The molecule has 3 atom stereocenters. The van der Waals surface area contributed by atoms with Crippen LogP contribution in [0.5, 0.6) is 5.75 Å². The number of hydrogen-bond donors (Lipinski definition) is 2. The Kier molecular flexibility index (Phi) is 6.09. The molecule has 0 aromatic heterocycles. The van der Waals surface area contributed by atoms with Crippen molar-refractivity contribution < 1.29 is 14.6 Å². The van der Waals surface area contributed by atoms with E-state index in [2.05, 4.69) is 5.32 Å². The molecular formula is C17H24ClNO3. The Balaban J connectivity index is 1.83. The van der Waals surface area contributed by atoms with Crippen LogP contribution in [0, 0.1) is 12.8 Å². The number of carbonyl (C=O) groups excluding carboxylic acids is 1. The second-order valence-electron chi connectivity index (χ2n) is 6.13. The number of benzene rings is 1. The predicted octanol–water partition coefficient (Wildman–Crippen LogP) is 3.08. The first-order chi connectivity index (χ1) is 10.5. The second kappa shape index (κ2) is 7.84. The van der Waals surface area contributed by atoms with Crippen molar-refractivity contribution in [3.8, 4) is 5.75 Å². The third kappa shape index (κ3) is 4.89. The third-order valence-electron chi connectivity index (χ3n) is 4.08. The third-order valence-corrected chi connectivity index (χ3v) is 4.39. The van der Waals surface area contributed by atoms with Crippen molar-refractivity contribution in [3.05, 3.63) is 28.8 Å². The number of halogens is 1. The van der Waals surface area contributed by atoms with Crippen LogP contribution in [-0.2, 0) is 4.79 Å². The molecule has 2 N–H and O–H groups in total. The highest BCUT2D eigenvalue weighted by atomic mass is 35.5. The van der Waals surface area contributed by atoms with Crippen LogP contribution >= 0.6 is 11.6 Å². The van der Waals surface area contributed by atoms with Crippen molar-refractivity contribution in [1.29, 1.82) is 0 Å². The van der Waals surface area contributed by atoms with Gasteiger partial charge in [0.2, 0.25) is 0 Å². The van der Waals surface area contributed by atoms with Crippen molar-refractivity contribution in [2.45, 2.75) is 51.7 Å². The van der Waals surface area contributed by atoms with Gasteiger partial charge in [-0.2, -0.15) is 0 Å². The fraction of sp³-hybridized carbons (Fsp3) is 0.588. The molecule has 0 spiro atoms. The Morgan fingerprint density at radius 2 is 2.27 bits per heavy atom. The summed E-state index contributed by atoms with van der Waals surface area (Å²) < 4.78 is 5.66. The number of aliphatic hydroxyl groups excluding tert-OH is 1. The Labute approximate surface area is 136 Å². The number of nitrogens with one attached hydrogen (secondary N) is 1. The maximum Gasteiger partial charge on any atom is 0.260 e. The second-order valence-corrected chi connectivity index (χ2v) is 6.53. The molecule has 1 saturated carbocycles. The Morgan fingerprint density at radius 1 is 1.50 bits per heavy atom. The lowest BCUT2D eigenvalue weighted by Crippen LogP contribution is -2.40. The molecule has 0 saturated heterocycles. The summed E-state index contributed by atoms with van der Waals surface area (Å²) in [5, 5.41) is 13.1. The van der Waals surface area contributed by atoms with Gasteiger partial charge in [-0.15, -0.1) is 0 Å². The van der Waals surface area contributed by atoms with Gasteiger partial charge < -0.3 is 15.2 Å². The summed E-state index contributed by atoms with van der Waals surface area (Å²) in [5.74, 6) is 0.720. The SMILES string of the molecule is Cc1ccc(Cl)c(OC(C)C(=O)NCC2CCCC(O)C2)c1. The molecule has 0 heterocycles. The number of amides is 1. The Morgan fingerprint density at radius 3 is 3.00 bits per heavy atom. The van der Waals surface area contributed by atoms with Crippen LogP contribution in [-0.4, -0.2) is 29.8 Å². The molecule has 1 aliphatic rings. The average molecular weight is 326 g/mol. The maximum atomic E-state index is 12.1. The topological polar surface area (TPSA) is 58.6 Å². The van der Waals surface area contributed by atoms with E-state index in [1.54, 1.807) is 13.0 Å². The molecule has 1 amide bonds. The molecule has 5 heteroatoms. The van der Waals surface area contributed by atoms with E-state index in [4.69, 9.17) is 16.3 Å². The first-order valence-corrected chi connectivity index (χ1v) is 8.22. The van der Waals surface area contributed by atoms with Crippen LogP contribution in [0.4, 0.5) is 0 Å². The normalized spacial score (nSPS) is 22.9. The van der Waals surface area contributed by atoms with Gasteiger partial charge in [0.05, 0.1) is 11.1 Å². The van der Waals surface area contributed by atoms with Crippen LogP contribution in [0.3, 0.4) is 0 Å². The molecule has 1 fully saturated rings. The summed E-state index contributed by atoms with van der Waals surface area (Å²) >= 11 is 6.08. The number of aryl methyl sites for hydroxylation is 1. The van der Waals surface area contributed by atoms with Gasteiger partial charge in [-0.05, 0) is 56.7 Å². The summed E-state index contributed by atoms with van der Waals surface area (Å²) in [6.07, 6.45) is 2.88. The number of hydrogen-bond acceptors (Lipinski definition) is 3. The van der Waals surface area contributed by atoms with Crippen molar-refractivity contribution in [2.24, 2.45) is 5.92 Å². The monoisotopic (exact) mass is 325 g/mol. The molecule has 1 aromatic carbocycles. The van der Waals surface area contributed by atoms with Crippen LogP contribution in [0.1, 0.15) is 38.2 Å². The molecule has 4 nitrogen and oxygen atoms in total. The van der Waals surface area contributed by atoms with Gasteiger partial charge in [-0.1, -0.05) is 24.1 Å². The average Bonchev–Trinajstić information content (AvgIpc) is 2.48. The smallest absolute Gasteiger partial charge is 0.260 e. The van der Waals surface area contributed by atoms with Gasteiger partial charge in [0.1, 0.15) is 5.75 Å². The van der Waals surface area contributed by atoms with Crippen LogP contribution in [0.2, 0.25) is 5.02 Å². The summed E-state index contributed by atoms with van der Waals surface area (Å²) in [6.45, 7) is 4.25. The van der Waals surface area contributed by atoms with Crippen molar-refractivity contribution >= 4 is 17.5 Å². The van der Waals surface area contributed by atoms with Gasteiger partial charge in [-0.25, -0.2) is 0 Å². The molecule has 122 valence electrons. The zero-order valence-electron chi connectivity index (χ0n) is 13.1. The quantitative estimate of drug-likeness (QED) is 0.874. The zero-order valence-corrected chi connectivity index (χ0v) is 13.9. The first kappa shape index (κ1) is 17.1. The summed E-state index contributed by atoms with van der Waals surface area (Å²) in [7, 11) is 0. The van der Waals surface area contributed by atoms with Crippen LogP contribution in [0.15, 0.2) is 18.2 Å². The molecule has 0 aliphatic heterocycles. The molecule has 2 rings (SSSR count). The Bertz CT molecular complexity index is 521. The highest BCUT2D eigenvalue weighted by molar-refractivity contribution is 6.32. The fourth-order valence-electron chi connectivity index (χ4n) is 2.78. The highest BCUT2D eigenvalue weighted by Crippen LogP contribution is 2.26. The minimum atomic E-state index is -0.604. The summed E-state index contributed by atoms with van der Waals surface area (Å²) in [5.41, 5.74) is 1.03. The number of carbonyl (C=O) groups is 1. The van der Waals surface area contributed by atoms with Crippen molar-refractivity contribution in [2.75, 3.05) is 6.54 Å². The maximum absolute atomic E-state index is 12.1. The fourth-order valence-corrected chi connectivity index (χ4v) is 2.94. The zero-order chi connectivity index (χ0) is 16.1. The molecule has 3 unspecified atom stereocenters. The standard InChI is InChI=1S/C17H24ClNO3/c1-11-6-7-15(18)16(8-11)22-12(2)17(21)19-10-13-4-3-5-14(20)9-13/h6-8,12-14,20H,3-5,9-10H2,1-2H3,(H,19,21). The summed E-state index contributed by atoms with van der Waals surface area (Å²) in [4.78, 5) is 12.1. The van der Waals surface area contributed by atoms with E-state index in [0.717, 1.165) is 31.2 Å². The van der Waals surface area contributed by atoms with E-state index in [1.807, 2.05) is 19.1 Å². The highest BCUT2D eigenvalue weighted by Gasteiger charge is 2.22. The minimum absolute atomic E-state index is 0.155. The van der Waals surface area contributed by atoms with Crippen LogP contribution in [0.25, 0.3) is 0 Å². The molecule has 0 bridgehead atoms. The van der Waals surface area contributed by atoms with Gasteiger partial charge >= 0.3 is 0 Å². The first-order valence-electron chi connectivity index (χ1n) is 7.84. The van der Waals surface area contributed by atoms with Gasteiger partial charge in [0.25, 0.3) is 5.91 Å². The van der Waals surface area contributed by atoms with E-state index in [0.29, 0.717) is 23.2 Å².